The molecule has 3 aliphatic rings. The Morgan fingerprint density at radius 2 is 2.03 bits per heavy atom. The minimum Gasteiger partial charge on any atom is -0.465 e. The van der Waals surface area contributed by atoms with Gasteiger partial charge in [-0.2, -0.15) is 0 Å². The largest absolute Gasteiger partial charge is 0.465 e. The number of hydrogen-bond donors (Lipinski definition) is 1. The Morgan fingerprint density at radius 3 is 2.67 bits per heavy atom. The Labute approximate surface area is 221 Å². The molecule has 1 aromatic rings. The lowest BCUT2D eigenvalue weighted by molar-refractivity contribution is -0.154. The number of anilines is 1. The van der Waals surface area contributed by atoms with Crippen molar-refractivity contribution in [2.24, 2.45) is 17.8 Å². The van der Waals surface area contributed by atoms with E-state index in [1.165, 1.54) is 4.90 Å². The van der Waals surface area contributed by atoms with Crippen LogP contribution in [0.3, 0.4) is 0 Å². The summed E-state index contributed by atoms with van der Waals surface area (Å²) in [6.45, 7) is 9.82. The Hall–Kier alpha value is -2.29. The topological polar surface area (TPSA) is 87.1 Å². The van der Waals surface area contributed by atoms with E-state index < -0.39 is 22.6 Å². The van der Waals surface area contributed by atoms with Crippen molar-refractivity contribution in [2.75, 3.05) is 31.2 Å². The van der Waals surface area contributed by atoms with E-state index in [4.69, 9.17) is 16.3 Å². The van der Waals surface area contributed by atoms with Crippen LogP contribution in [0.1, 0.15) is 26.2 Å². The Bertz CT molecular complexity index is 1030. The molecule has 1 spiro atoms. The second-order valence-electron chi connectivity index (χ2n) is 9.62. The summed E-state index contributed by atoms with van der Waals surface area (Å²) >= 11 is 7.65. The van der Waals surface area contributed by atoms with Crippen LogP contribution in [0.15, 0.2) is 49.6 Å². The minimum absolute atomic E-state index is 0.0229. The van der Waals surface area contributed by atoms with E-state index in [9.17, 15) is 19.5 Å². The average Bonchev–Trinajstić information content (AvgIpc) is 3.45. The number of nitrogens with zero attached hydrogens (tertiary/aromatic N) is 2. The summed E-state index contributed by atoms with van der Waals surface area (Å²) in [5.74, 6) is -2.13. The van der Waals surface area contributed by atoms with Gasteiger partial charge >= 0.3 is 5.97 Å². The van der Waals surface area contributed by atoms with E-state index in [-0.39, 0.29) is 55.3 Å². The number of halogens is 1. The van der Waals surface area contributed by atoms with Crippen molar-refractivity contribution in [2.45, 2.75) is 42.2 Å². The molecule has 3 fully saturated rings. The lowest BCUT2D eigenvalue weighted by Crippen LogP contribution is -2.57. The number of β-amino-alcohol motifs (C(OH)–C–C–N with tert-alkyl or cyclic N) is 1. The van der Waals surface area contributed by atoms with Gasteiger partial charge in [0.05, 0.1) is 29.8 Å². The van der Waals surface area contributed by atoms with Gasteiger partial charge in [-0.25, -0.2) is 0 Å². The molecule has 2 amide bonds. The monoisotopic (exact) mass is 532 g/mol. The van der Waals surface area contributed by atoms with Gasteiger partial charge in [-0.3, -0.25) is 14.4 Å². The summed E-state index contributed by atoms with van der Waals surface area (Å²) in [7, 11) is 0. The van der Waals surface area contributed by atoms with Crippen molar-refractivity contribution >= 4 is 46.8 Å². The number of carbonyl (C=O) groups is 3. The molecular formula is C27H33ClN2O5S. The van der Waals surface area contributed by atoms with Crippen LogP contribution < -0.4 is 4.90 Å². The van der Waals surface area contributed by atoms with Gasteiger partial charge in [0.1, 0.15) is 6.04 Å². The van der Waals surface area contributed by atoms with Crippen LogP contribution >= 0.6 is 23.4 Å². The predicted octanol–water partition coefficient (Wildman–Crippen LogP) is 3.70. The van der Waals surface area contributed by atoms with Crippen molar-refractivity contribution in [3.05, 3.63) is 54.6 Å². The van der Waals surface area contributed by atoms with E-state index in [1.54, 1.807) is 53.1 Å². The third kappa shape index (κ3) is 4.37. The van der Waals surface area contributed by atoms with Gasteiger partial charge in [-0.05, 0) is 49.4 Å². The molecule has 3 heterocycles. The van der Waals surface area contributed by atoms with E-state index >= 15 is 0 Å². The maximum absolute atomic E-state index is 14.3. The number of likely N-dealkylation sites (tertiary alicyclic amines) is 1. The first-order valence-electron chi connectivity index (χ1n) is 12.4. The number of benzene rings is 1. The zero-order valence-corrected chi connectivity index (χ0v) is 22.0. The third-order valence-electron chi connectivity index (χ3n) is 7.61. The number of thioether (sulfide) groups is 1. The number of hydrogen-bond acceptors (Lipinski definition) is 6. The first kappa shape index (κ1) is 26.8. The van der Waals surface area contributed by atoms with Crippen LogP contribution in [0.25, 0.3) is 0 Å². The molecule has 3 saturated heterocycles. The lowest BCUT2D eigenvalue weighted by atomic mass is 9.66. The molecule has 194 valence electrons. The summed E-state index contributed by atoms with van der Waals surface area (Å²) in [6, 6.07) is 6.13. The highest BCUT2D eigenvalue weighted by Gasteiger charge is 2.76. The van der Waals surface area contributed by atoms with Gasteiger partial charge in [0.2, 0.25) is 5.91 Å². The van der Waals surface area contributed by atoms with Crippen molar-refractivity contribution in [1.82, 2.24) is 4.90 Å². The first-order valence-corrected chi connectivity index (χ1v) is 13.6. The minimum atomic E-state index is -0.818. The standard InChI is InChI=1S/C27H33ClN2O5S/c1-4-6-7-15-35-26(34)21-20-16-17(3)27(36-20)22(21)24(32)30(13-14-31)23(27)25(33)29(12-5-2)19-10-8-18(28)9-11-19/h4-5,8-11,17,20-23,31H,1-2,6-7,12-16H2,3H3/t17?,20-,21+,22+,23?,27?/m1/s1. The maximum Gasteiger partial charge on any atom is 0.310 e. The second kappa shape index (κ2) is 11.0. The van der Waals surface area contributed by atoms with Crippen LogP contribution in [-0.4, -0.2) is 70.1 Å². The summed E-state index contributed by atoms with van der Waals surface area (Å²) in [6.07, 6.45) is 5.55. The Kier molecular flexibility index (Phi) is 8.17. The van der Waals surface area contributed by atoms with E-state index in [0.29, 0.717) is 17.1 Å². The van der Waals surface area contributed by atoms with Gasteiger partial charge in [0.25, 0.3) is 5.91 Å². The molecule has 1 N–H and O–H groups in total. The smallest absolute Gasteiger partial charge is 0.310 e. The fourth-order valence-electron chi connectivity index (χ4n) is 6.13. The molecule has 4 rings (SSSR count). The molecule has 6 atom stereocenters. The number of esters is 1. The molecule has 3 unspecified atom stereocenters. The number of ether oxygens (including phenoxy) is 1. The highest BCUT2D eigenvalue weighted by molar-refractivity contribution is 8.02. The van der Waals surface area contributed by atoms with Crippen molar-refractivity contribution in [3.8, 4) is 0 Å². The third-order valence-corrected chi connectivity index (χ3v) is 9.93. The Balaban J connectivity index is 1.71. The van der Waals surface area contributed by atoms with Crippen LogP contribution in [0.2, 0.25) is 5.02 Å². The number of rotatable bonds is 11. The number of unbranched alkanes of at least 4 members (excludes halogenated alkanes) is 1. The normalized spacial score (nSPS) is 30.2. The summed E-state index contributed by atoms with van der Waals surface area (Å²) < 4.78 is 4.81. The fourth-order valence-corrected chi connectivity index (χ4v) is 8.66. The molecule has 0 aliphatic carbocycles. The van der Waals surface area contributed by atoms with Crippen molar-refractivity contribution in [3.63, 3.8) is 0 Å². The summed E-state index contributed by atoms with van der Waals surface area (Å²) in [5.41, 5.74) is 0.643. The molecule has 1 aromatic carbocycles. The second-order valence-corrected chi connectivity index (χ2v) is 11.6. The Morgan fingerprint density at radius 1 is 1.31 bits per heavy atom. The van der Waals surface area contributed by atoms with Gasteiger partial charge in [-0.1, -0.05) is 30.7 Å². The highest BCUT2D eigenvalue weighted by Crippen LogP contribution is 2.68. The van der Waals surface area contributed by atoms with Crippen LogP contribution in [-0.2, 0) is 19.1 Å². The van der Waals surface area contributed by atoms with Crippen LogP contribution in [0.5, 0.6) is 0 Å². The molecule has 7 nitrogen and oxygen atoms in total. The van der Waals surface area contributed by atoms with Gasteiger partial charge in [0.15, 0.2) is 0 Å². The van der Waals surface area contributed by atoms with Crippen LogP contribution in [0.4, 0.5) is 5.69 Å². The summed E-state index contributed by atoms with van der Waals surface area (Å²) in [4.78, 5) is 44.4. The first-order chi connectivity index (χ1) is 17.3. The number of aliphatic hydroxyl groups excluding tert-OH is 1. The zero-order chi connectivity index (χ0) is 26.0. The van der Waals surface area contributed by atoms with E-state index in [0.717, 1.165) is 12.8 Å². The van der Waals surface area contributed by atoms with Gasteiger partial charge in [0, 0.05) is 29.0 Å². The maximum atomic E-state index is 14.3. The molecule has 3 aliphatic heterocycles. The zero-order valence-electron chi connectivity index (χ0n) is 20.5. The molecule has 9 heteroatoms. The van der Waals surface area contributed by atoms with Gasteiger partial charge in [-0.15, -0.1) is 24.9 Å². The molecule has 36 heavy (non-hydrogen) atoms. The van der Waals surface area contributed by atoms with Crippen molar-refractivity contribution < 1.29 is 24.2 Å². The molecule has 2 bridgehead atoms. The molecule has 0 aromatic heterocycles. The fraction of sp³-hybridized carbons (Fsp3) is 0.519. The molecule has 0 radical (unpaired) electrons. The highest BCUT2D eigenvalue weighted by atomic mass is 35.5. The predicted molar refractivity (Wildman–Crippen MR) is 142 cm³/mol. The number of carbonyl (C=O) groups excluding carboxylic acids is 3. The van der Waals surface area contributed by atoms with Crippen molar-refractivity contribution in [1.29, 1.82) is 0 Å². The quantitative estimate of drug-likeness (QED) is 0.266. The number of fused-ring (bicyclic) bond motifs is 1. The lowest BCUT2D eigenvalue weighted by Gasteiger charge is -2.40. The molecular weight excluding hydrogens is 500 g/mol. The average molecular weight is 533 g/mol. The number of allylic oxidation sites excluding steroid dienone is 1. The van der Waals surface area contributed by atoms with Crippen LogP contribution in [0, 0.1) is 17.8 Å². The number of amides is 2. The van der Waals surface area contributed by atoms with E-state index in [2.05, 4.69) is 20.1 Å². The molecule has 0 saturated carbocycles. The summed E-state index contributed by atoms with van der Waals surface area (Å²) in [5, 5.41) is 10.3. The van der Waals surface area contributed by atoms with Gasteiger partial charge < -0.3 is 19.6 Å². The number of aliphatic hydroxyl groups is 1. The van der Waals surface area contributed by atoms with E-state index in [1.807, 2.05) is 0 Å². The SMILES string of the molecule is C=CCCCOC(=O)[C@@H]1[C@H]2C(=O)N(CCO)C(C(=O)N(CC=C)c3ccc(Cl)cc3)C23S[C@@H]1CC3C.